The van der Waals surface area contributed by atoms with Crippen LogP contribution in [0.3, 0.4) is 0 Å². The highest BCUT2D eigenvalue weighted by molar-refractivity contribution is 6.30. The molecule has 0 saturated heterocycles. The number of hydrogen-bond acceptors (Lipinski definition) is 2. The van der Waals surface area contributed by atoms with Crippen LogP contribution in [0, 0.1) is 5.95 Å². The van der Waals surface area contributed by atoms with Crippen LogP contribution in [-0.2, 0) is 5.41 Å². The third kappa shape index (κ3) is 1.23. The van der Waals surface area contributed by atoms with Crippen molar-refractivity contribution in [3.63, 3.8) is 0 Å². The van der Waals surface area contributed by atoms with E-state index >= 15 is 0 Å². The standard InChI is InChI=1S/C11H12ClFN2/c12-7-5-8(9(13)15-6-7)10(1-2-10)11(14)3-4-11/h5-6H,1-4,14H2. The van der Waals surface area contributed by atoms with Crippen molar-refractivity contribution in [2.24, 2.45) is 5.73 Å². The molecular formula is C11H12ClFN2. The van der Waals surface area contributed by atoms with Crippen LogP contribution in [0.1, 0.15) is 31.2 Å². The maximum atomic E-state index is 13.6. The molecule has 2 nitrogen and oxygen atoms in total. The van der Waals surface area contributed by atoms with Crippen LogP contribution in [0.4, 0.5) is 4.39 Å². The van der Waals surface area contributed by atoms with Crippen molar-refractivity contribution in [3.05, 3.63) is 28.8 Å². The average Bonchev–Trinajstić information content (AvgIpc) is 3.05. The molecule has 0 unspecified atom stereocenters. The Balaban J connectivity index is 2.09. The summed E-state index contributed by atoms with van der Waals surface area (Å²) in [5, 5.41) is 0.488. The highest BCUT2D eigenvalue weighted by Crippen LogP contribution is 2.63. The molecule has 2 fully saturated rings. The molecule has 0 amide bonds. The van der Waals surface area contributed by atoms with E-state index in [0.717, 1.165) is 25.7 Å². The van der Waals surface area contributed by atoms with E-state index in [1.54, 1.807) is 6.07 Å². The van der Waals surface area contributed by atoms with E-state index in [9.17, 15) is 4.39 Å². The number of rotatable bonds is 2. The fraction of sp³-hybridized carbons (Fsp3) is 0.545. The van der Waals surface area contributed by atoms with Gasteiger partial charge in [-0.15, -0.1) is 0 Å². The normalized spacial score (nSPS) is 25.0. The maximum Gasteiger partial charge on any atom is 0.216 e. The summed E-state index contributed by atoms with van der Waals surface area (Å²) in [7, 11) is 0. The van der Waals surface area contributed by atoms with Gasteiger partial charge >= 0.3 is 0 Å². The minimum Gasteiger partial charge on any atom is -0.324 e. The molecule has 0 aromatic carbocycles. The minimum atomic E-state index is -0.409. The van der Waals surface area contributed by atoms with Crippen molar-refractivity contribution in [1.29, 1.82) is 0 Å². The van der Waals surface area contributed by atoms with Gasteiger partial charge in [0.2, 0.25) is 5.95 Å². The first kappa shape index (κ1) is 9.55. The van der Waals surface area contributed by atoms with E-state index in [1.165, 1.54) is 6.20 Å². The first-order valence-corrected chi connectivity index (χ1v) is 5.56. The quantitative estimate of drug-likeness (QED) is 0.787. The molecule has 1 heterocycles. The lowest BCUT2D eigenvalue weighted by Crippen LogP contribution is -2.38. The smallest absolute Gasteiger partial charge is 0.216 e. The molecule has 0 spiro atoms. The van der Waals surface area contributed by atoms with Gasteiger partial charge in [-0.3, -0.25) is 0 Å². The van der Waals surface area contributed by atoms with Gasteiger partial charge in [0.05, 0.1) is 5.02 Å². The number of halogens is 2. The van der Waals surface area contributed by atoms with Gasteiger partial charge in [-0.2, -0.15) is 4.39 Å². The van der Waals surface area contributed by atoms with Crippen LogP contribution in [0.5, 0.6) is 0 Å². The monoisotopic (exact) mass is 226 g/mol. The molecule has 0 aliphatic heterocycles. The lowest BCUT2D eigenvalue weighted by molar-refractivity contribution is 0.461. The van der Waals surface area contributed by atoms with Crippen molar-refractivity contribution in [2.45, 2.75) is 36.6 Å². The van der Waals surface area contributed by atoms with Crippen molar-refractivity contribution < 1.29 is 4.39 Å². The second kappa shape index (κ2) is 2.71. The number of nitrogens with zero attached hydrogens (tertiary/aromatic N) is 1. The van der Waals surface area contributed by atoms with Gasteiger partial charge in [-0.05, 0) is 31.7 Å². The fourth-order valence-electron chi connectivity index (χ4n) is 2.53. The zero-order valence-electron chi connectivity index (χ0n) is 8.26. The second-order valence-electron chi connectivity index (χ2n) is 4.73. The van der Waals surface area contributed by atoms with Crippen LogP contribution < -0.4 is 5.73 Å². The topological polar surface area (TPSA) is 38.9 Å². The molecule has 0 atom stereocenters. The van der Waals surface area contributed by atoms with Crippen molar-refractivity contribution in [3.8, 4) is 0 Å². The summed E-state index contributed by atoms with van der Waals surface area (Å²) in [6.07, 6.45) is 5.23. The van der Waals surface area contributed by atoms with E-state index in [0.29, 0.717) is 10.6 Å². The van der Waals surface area contributed by atoms with Crippen molar-refractivity contribution in [1.82, 2.24) is 4.98 Å². The van der Waals surface area contributed by atoms with Crippen molar-refractivity contribution >= 4 is 11.6 Å². The highest BCUT2D eigenvalue weighted by Gasteiger charge is 2.65. The Kier molecular flexibility index (Phi) is 1.73. The number of pyridine rings is 1. The van der Waals surface area contributed by atoms with Crippen molar-refractivity contribution in [2.75, 3.05) is 0 Å². The molecule has 1 aromatic heterocycles. The first-order valence-electron chi connectivity index (χ1n) is 5.18. The predicted octanol–water partition coefficient (Wildman–Crippen LogP) is 2.40. The molecule has 2 N–H and O–H groups in total. The zero-order chi connectivity index (χ0) is 10.7. The van der Waals surface area contributed by atoms with Gasteiger partial charge in [0, 0.05) is 22.7 Å². The molecule has 2 saturated carbocycles. The van der Waals surface area contributed by atoms with Gasteiger partial charge in [0.25, 0.3) is 0 Å². The Morgan fingerprint density at radius 1 is 1.33 bits per heavy atom. The van der Waals surface area contributed by atoms with Crippen LogP contribution in [-0.4, -0.2) is 10.5 Å². The molecule has 1 aromatic rings. The van der Waals surface area contributed by atoms with Gasteiger partial charge in [-0.1, -0.05) is 11.6 Å². The number of nitrogens with two attached hydrogens (primary N) is 1. The van der Waals surface area contributed by atoms with E-state index in [4.69, 9.17) is 17.3 Å². The summed E-state index contributed by atoms with van der Waals surface area (Å²) in [5.74, 6) is -0.409. The number of aromatic nitrogens is 1. The summed E-state index contributed by atoms with van der Waals surface area (Å²) in [4.78, 5) is 3.67. The van der Waals surface area contributed by atoms with Gasteiger partial charge in [0.15, 0.2) is 0 Å². The van der Waals surface area contributed by atoms with E-state index < -0.39 is 5.95 Å². The molecule has 0 radical (unpaired) electrons. The zero-order valence-corrected chi connectivity index (χ0v) is 9.02. The summed E-state index contributed by atoms with van der Waals surface area (Å²) in [6, 6.07) is 1.68. The molecule has 0 bridgehead atoms. The lowest BCUT2D eigenvalue weighted by Gasteiger charge is -2.23. The summed E-state index contributed by atoms with van der Waals surface area (Å²) in [5.41, 5.74) is 6.45. The molecule has 2 aliphatic carbocycles. The largest absolute Gasteiger partial charge is 0.324 e. The van der Waals surface area contributed by atoms with E-state index in [1.807, 2.05) is 0 Å². The van der Waals surface area contributed by atoms with Crippen LogP contribution in [0.15, 0.2) is 12.3 Å². The van der Waals surface area contributed by atoms with E-state index in [2.05, 4.69) is 4.98 Å². The van der Waals surface area contributed by atoms with Crippen LogP contribution >= 0.6 is 11.6 Å². The molecule has 80 valence electrons. The SMILES string of the molecule is NC1(C2(c3cc(Cl)cnc3F)CC2)CC1. The number of hydrogen-bond donors (Lipinski definition) is 1. The first-order chi connectivity index (χ1) is 7.07. The second-order valence-corrected chi connectivity index (χ2v) is 5.17. The minimum absolute atomic E-state index is 0.172. The molecule has 4 heteroatoms. The average molecular weight is 227 g/mol. The van der Waals surface area contributed by atoms with E-state index in [-0.39, 0.29) is 11.0 Å². The Bertz CT molecular complexity index is 425. The fourth-order valence-corrected chi connectivity index (χ4v) is 2.69. The van der Waals surface area contributed by atoms with Crippen LogP contribution in [0.25, 0.3) is 0 Å². The third-order valence-corrected chi connectivity index (χ3v) is 4.02. The van der Waals surface area contributed by atoms with Gasteiger partial charge in [-0.25, -0.2) is 4.98 Å². The maximum absolute atomic E-state index is 13.6. The Morgan fingerprint density at radius 2 is 2.00 bits per heavy atom. The Morgan fingerprint density at radius 3 is 2.53 bits per heavy atom. The van der Waals surface area contributed by atoms with Gasteiger partial charge in [0.1, 0.15) is 0 Å². The Hall–Kier alpha value is -0.670. The molecule has 3 rings (SSSR count). The summed E-state index contributed by atoms with van der Waals surface area (Å²) < 4.78 is 13.6. The molecular weight excluding hydrogens is 215 g/mol. The lowest BCUT2D eigenvalue weighted by atomic mass is 9.87. The molecule has 15 heavy (non-hydrogen) atoms. The summed E-state index contributed by atoms with van der Waals surface area (Å²) in [6.45, 7) is 0. The highest BCUT2D eigenvalue weighted by atomic mass is 35.5. The van der Waals surface area contributed by atoms with Gasteiger partial charge < -0.3 is 5.73 Å². The third-order valence-electron chi connectivity index (χ3n) is 3.81. The summed E-state index contributed by atoms with van der Waals surface area (Å²) >= 11 is 5.85. The van der Waals surface area contributed by atoms with Crippen LogP contribution in [0.2, 0.25) is 5.02 Å². The Labute approximate surface area is 92.6 Å². The molecule has 2 aliphatic rings. The predicted molar refractivity (Wildman–Crippen MR) is 56.3 cm³/mol.